The van der Waals surface area contributed by atoms with E-state index in [2.05, 4.69) is 0 Å². The van der Waals surface area contributed by atoms with Crippen LogP contribution in [0, 0.1) is 0 Å². The summed E-state index contributed by atoms with van der Waals surface area (Å²) in [6.07, 6.45) is 0. The molecule has 0 fully saturated rings. The second-order valence-corrected chi connectivity index (χ2v) is 15.8. The molecular formula is C12H11CrO6. The van der Waals surface area contributed by atoms with Crippen LogP contribution in [0.4, 0.5) is 0 Å². The molecule has 7 heteroatoms. The molecule has 1 aromatic rings. The van der Waals surface area contributed by atoms with Crippen LogP contribution in [0.15, 0.2) is 30.3 Å². The SMILES string of the molecule is O=[CH][Cr]([CH]=O)([CH]=O)([CH]=O)([CH]=O)([CH]=O)[c]1ccccc1. The first-order valence-electron chi connectivity index (χ1n) is 4.94. The molecule has 101 valence electrons. The molecule has 0 atom stereocenters. The van der Waals surface area contributed by atoms with Crippen LogP contribution in [0.25, 0.3) is 0 Å². The van der Waals surface area contributed by atoms with Crippen molar-refractivity contribution in [3.8, 4) is 0 Å². The Morgan fingerprint density at radius 1 is 0.579 bits per heavy atom. The van der Waals surface area contributed by atoms with E-state index in [4.69, 9.17) is 0 Å². The zero-order chi connectivity index (χ0) is 14.7. The fourth-order valence-electron chi connectivity index (χ4n) is 1.57. The number of benzene rings is 1. The maximum atomic E-state index is 11.7. The third-order valence-corrected chi connectivity index (χ3v) is 12.6. The van der Waals surface area contributed by atoms with Crippen LogP contribution in [-0.2, 0) is 38.6 Å². The molecule has 0 spiro atoms. The van der Waals surface area contributed by atoms with E-state index in [1.165, 1.54) is 18.2 Å². The van der Waals surface area contributed by atoms with Crippen LogP contribution in [0.3, 0.4) is 0 Å². The normalized spacial score (nSPS) is 16.5. The Morgan fingerprint density at radius 3 is 1.16 bits per heavy atom. The van der Waals surface area contributed by atoms with Crippen LogP contribution in [0.2, 0.25) is 0 Å². The molecule has 0 aromatic heterocycles. The average molecular weight is 303 g/mol. The van der Waals surface area contributed by atoms with E-state index in [1.807, 2.05) is 0 Å². The van der Waals surface area contributed by atoms with Gasteiger partial charge >= 0.3 is 104 Å². The van der Waals surface area contributed by atoms with Crippen LogP contribution >= 0.6 is 0 Å². The Morgan fingerprint density at radius 2 is 0.895 bits per heavy atom. The minimum absolute atomic E-state index is 0.365. The van der Waals surface area contributed by atoms with Gasteiger partial charge in [-0.3, -0.25) is 0 Å². The Kier molecular flexibility index (Phi) is 2.50. The van der Waals surface area contributed by atoms with Crippen molar-refractivity contribution in [3.05, 3.63) is 30.3 Å². The van der Waals surface area contributed by atoms with Gasteiger partial charge in [0, 0.05) is 0 Å². The summed E-state index contributed by atoms with van der Waals surface area (Å²) in [5.74, 6) is 0. The first-order valence-corrected chi connectivity index (χ1v) is 10.00. The predicted octanol–water partition coefficient (Wildman–Crippen LogP) is -0.786. The van der Waals surface area contributed by atoms with Gasteiger partial charge in [-0.25, -0.2) is 0 Å². The van der Waals surface area contributed by atoms with Crippen LogP contribution in [0.1, 0.15) is 0 Å². The fourth-order valence-corrected chi connectivity index (χ4v) is 5.39. The standard InChI is InChI=1S/C6H5.6CHO.Cr/c1-2-4-6-5-3-1;6*1-2;/h1-5H;6*1H;. The van der Waals surface area contributed by atoms with Crippen LogP contribution in [-0.4, -0.2) is 30.9 Å². The van der Waals surface area contributed by atoms with Gasteiger partial charge in [0.05, 0.1) is 0 Å². The van der Waals surface area contributed by atoms with Crippen molar-refractivity contribution in [2.24, 2.45) is 0 Å². The van der Waals surface area contributed by atoms with Crippen molar-refractivity contribution in [2.45, 2.75) is 0 Å². The fraction of sp³-hybridized carbons (Fsp3) is 0. The summed E-state index contributed by atoms with van der Waals surface area (Å²) in [5.41, 5.74) is 0. The van der Waals surface area contributed by atoms with Gasteiger partial charge in [0.1, 0.15) is 0 Å². The summed E-state index contributed by atoms with van der Waals surface area (Å²) < 4.78 is -0.490. The molecule has 0 unspecified atom stereocenters. The summed E-state index contributed by atoms with van der Waals surface area (Å²) in [4.78, 5) is 70.0. The number of carbonyl (C=O) groups is 6. The second kappa shape index (κ2) is 3.20. The molecule has 0 heterocycles. The van der Waals surface area contributed by atoms with E-state index in [0.717, 1.165) is 12.1 Å². The minimum atomic E-state index is -7.50. The van der Waals surface area contributed by atoms with E-state index in [9.17, 15) is 28.8 Å². The summed E-state index contributed by atoms with van der Waals surface area (Å²) in [7, 11) is -7.50. The molecule has 19 heavy (non-hydrogen) atoms. The zero-order valence-corrected chi connectivity index (χ0v) is 11.0. The van der Waals surface area contributed by atoms with Gasteiger partial charge in [-0.2, -0.15) is 0 Å². The van der Waals surface area contributed by atoms with E-state index < -0.39 is 14.3 Å². The molecule has 0 radical (unpaired) electrons. The van der Waals surface area contributed by atoms with E-state index in [1.54, 1.807) is 0 Å². The molecule has 0 saturated heterocycles. The van der Waals surface area contributed by atoms with E-state index in [0.29, 0.717) is 0 Å². The molecule has 0 amide bonds. The van der Waals surface area contributed by atoms with Crippen LogP contribution in [0.5, 0.6) is 0 Å². The third-order valence-electron chi connectivity index (χ3n) is 3.52. The Hall–Kier alpha value is -2.23. The Balaban J connectivity index is 4.49. The van der Waals surface area contributed by atoms with Crippen LogP contribution < -0.4 is 4.43 Å². The zero-order valence-electron chi connectivity index (χ0n) is 9.71. The van der Waals surface area contributed by atoms with Gasteiger partial charge in [-0.05, 0) is 0 Å². The first-order chi connectivity index (χ1) is 8.88. The molecule has 6 nitrogen and oxygen atoms in total. The predicted molar refractivity (Wildman–Crippen MR) is 66.6 cm³/mol. The number of hydrogen-bond donors (Lipinski definition) is 0. The average Bonchev–Trinajstić information content (AvgIpc) is 2.55. The van der Waals surface area contributed by atoms with Crippen molar-refractivity contribution in [1.82, 2.24) is 0 Å². The van der Waals surface area contributed by atoms with Gasteiger partial charge in [-0.1, -0.05) is 0 Å². The molecule has 0 aliphatic heterocycles. The maximum absolute atomic E-state index is 11.7. The molecule has 0 aliphatic carbocycles. The monoisotopic (exact) mass is 303 g/mol. The quantitative estimate of drug-likeness (QED) is 0.612. The van der Waals surface area contributed by atoms with Gasteiger partial charge in [0.2, 0.25) is 0 Å². The molecule has 0 bridgehead atoms. The Bertz CT molecular complexity index is 537. The molecular weight excluding hydrogens is 292 g/mol. The number of rotatable bonds is 7. The van der Waals surface area contributed by atoms with Crippen molar-refractivity contribution < 1.29 is 38.6 Å². The molecule has 1 aromatic carbocycles. The van der Waals surface area contributed by atoms with Gasteiger partial charge < -0.3 is 0 Å². The molecule has 1 rings (SSSR count). The first kappa shape index (κ1) is 14.8. The Labute approximate surface area is 105 Å². The molecule has 0 aliphatic rings. The van der Waals surface area contributed by atoms with E-state index in [-0.39, 0.29) is 30.9 Å². The number of carbonyl (C=O) groups excluding carboxylic acids is 6. The van der Waals surface area contributed by atoms with Gasteiger partial charge in [0.15, 0.2) is 0 Å². The van der Waals surface area contributed by atoms with Crippen molar-refractivity contribution in [2.75, 3.05) is 0 Å². The molecule has 0 saturated carbocycles. The van der Waals surface area contributed by atoms with Crippen molar-refractivity contribution in [3.63, 3.8) is 0 Å². The summed E-state index contributed by atoms with van der Waals surface area (Å²) >= 11 is 0. The van der Waals surface area contributed by atoms with Crippen molar-refractivity contribution >= 4 is 35.3 Å². The topological polar surface area (TPSA) is 102 Å². The summed E-state index contributed by atoms with van der Waals surface area (Å²) in [6, 6.07) is 6.22. The van der Waals surface area contributed by atoms with Crippen molar-refractivity contribution in [1.29, 1.82) is 0 Å². The molecule has 0 N–H and O–H groups in total. The van der Waals surface area contributed by atoms with Gasteiger partial charge in [0.25, 0.3) is 0 Å². The number of hydrogen-bond acceptors (Lipinski definition) is 6. The van der Waals surface area contributed by atoms with Gasteiger partial charge in [-0.15, -0.1) is 0 Å². The van der Waals surface area contributed by atoms with E-state index >= 15 is 0 Å². The summed E-state index contributed by atoms with van der Waals surface area (Å²) in [5, 5.41) is -2.19. The summed E-state index contributed by atoms with van der Waals surface area (Å²) in [6.45, 7) is 0. The second-order valence-electron chi connectivity index (χ2n) is 4.64. The third kappa shape index (κ3) is 1.03.